The summed E-state index contributed by atoms with van der Waals surface area (Å²) in [6.07, 6.45) is 0. The molecule has 0 aliphatic heterocycles. The molecule has 0 spiro atoms. The molecule has 9 aromatic rings. The van der Waals surface area contributed by atoms with Crippen LogP contribution in [0.5, 0.6) is 0 Å². The van der Waals surface area contributed by atoms with E-state index in [1.807, 2.05) is 11.3 Å². The van der Waals surface area contributed by atoms with Gasteiger partial charge in [-0.3, -0.25) is 0 Å². The number of fused-ring (bicyclic) bond motifs is 10. The molecule has 0 fully saturated rings. The number of hydrogen-bond donors (Lipinski definition) is 0. The summed E-state index contributed by atoms with van der Waals surface area (Å²) in [5, 5.41) is 12.9. The molecule has 0 aliphatic rings. The molecule has 0 unspecified atom stereocenters. The second kappa shape index (κ2) is 9.17. The molecule has 0 amide bonds. The first-order valence-electron chi connectivity index (χ1n) is 14.4. The third-order valence-electron chi connectivity index (χ3n) is 8.61. The average molecular weight is 552 g/mol. The maximum Gasteiger partial charge on any atom is 0.0640 e. The summed E-state index contributed by atoms with van der Waals surface area (Å²) in [6.45, 7) is 0. The minimum absolute atomic E-state index is 1.15. The normalized spacial score (nSPS) is 11.8. The monoisotopic (exact) mass is 551 g/mol. The van der Waals surface area contributed by atoms with Gasteiger partial charge in [-0.2, -0.15) is 0 Å². The van der Waals surface area contributed by atoms with Crippen LogP contribution in [0.25, 0.3) is 63.3 Å². The Hall–Kier alpha value is -5.18. The summed E-state index contributed by atoms with van der Waals surface area (Å²) >= 11 is 1.89. The summed E-state index contributed by atoms with van der Waals surface area (Å²) < 4.78 is 2.62. The number of rotatable bonds is 3. The van der Waals surface area contributed by atoms with Gasteiger partial charge in [0.1, 0.15) is 0 Å². The second-order valence-corrected chi connectivity index (χ2v) is 12.0. The van der Waals surface area contributed by atoms with Gasteiger partial charge < -0.3 is 4.90 Å². The Morgan fingerprint density at radius 3 is 1.76 bits per heavy atom. The molecule has 196 valence electrons. The van der Waals surface area contributed by atoms with Crippen molar-refractivity contribution >= 4 is 91.7 Å². The standard InChI is InChI=1S/C40H25NS/c1-2-12-29(13-3-1)41(36-19-9-17-34-39-31-15-7-5-11-27(31)23-25-37(39)42-40(34)36)35-18-8-16-33-32(35)24-22-28-21-20-26-10-4-6-14-30(26)38(28)33/h1-25H. The zero-order valence-corrected chi connectivity index (χ0v) is 23.6. The fraction of sp³-hybridized carbons (Fsp3) is 0. The Kier molecular flexibility index (Phi) is 5.13. The summed E-state index contributed by atoms with van der Waals surface area (Å²) in [4.78, 5) is 2.46. The van der Waals surface area contributed by atoms with E-state index in [-0.39, 0.29) is 0 Å². The lowest BCUT2D eigenvalue weighted by molar-refractivity contribution is 1.32. The maximum absolute atomic E-state index is 2.46. The quantitative estimate of drug-likeness (QED) is 0.197. The Bertz CT molecular complexity index is 2470. The lowest BCUT2D eigenvalue weighted by atomic mass is 9.95. The van der Waals surface area contributed by atoms with Crippen LogP contribution in [0, 0.1) is 0 Å². The fourth-order valence-corrected chi connectivity index (χ4v) is 7.98. The van der Waals surface area contributed by atoms with Crippen molar-refractivity contribution in [2.24, 2.45) is 0 Å². The fourth-order valence-electron chi connectivity index (χ4n) is 6.76. The van der Waals surface area contributed by atoms with Crippen LogP contribution in [0.15, 0.2) is 152 Å². The third kappa shape index (κ3) is 3.43. The van der Waals surface area contributed by atoms with Crippen LogP contribution in [0.4, 0.5) is 17.1 Å². The summed E-state index contributed by atoms with van der Waals surface area (Å²) in [6, 6.07) is 55.4. The highest BCUT2D eigenvalue weighted by molar-refractivity contribution is 7.26. The van der Waals surface area contributed by atoms with Crippen molar-refractivity contribution < 1.29 is 0 Å². The highest BCUT2D eigenvalue weighted by Gasteiger charge is 2.21. The second-order valence-electron chi connectivity index (χ2n) is 10.9. The van der Waals surface area contributed by atoms with Crippen molar-refractivity contribution in [1.82, 2.24) is 0 Å². The highest BCUT2D eigenvalue weighted by Crippen LogP contribution is 2.48. The van der Waals surface area contributed by atoms with Gasteiger partial charge in [-0.15, -0.1) is 11.3 Å². The van der Waals surface area contributed by atoms with Gasteiger partial charge >= 0.3 is 0 Å². The van der Waals surface area contributed by atoms with Crippen LogP contribution in [-0.2, 0) is 0 Å². The third-order valence-corrected chi connectivity index (χ3v) is 9.80. The number of anilines is 3. The van der Waals surface area contributed by atoms with Crippen LogP contribution in [0.2, 0.25) is 0 Å². The number of para-hydroxylation sites is 1. The maximum atomic E-state index is 2.46. The van der Waals surface area contributed by atoms with E-state index in [4.69, 9.17) is 0 Å². The first-order chi connectivity index (χ1) is 20.8. The van der Waals surface area contributed by atoms with Crippen LogP contribution >= 0.6 is 11.3 Å². The van der Waals surface area contributed by atoms with E-state index in [0.29, 0.717) is 0 Å². The van der Waals surface area contributed by atoms with E-state index < -0.39 is 0 Å². The van der Waals surface area contributed by atoms with Crippen LogP contribution in [0.1, 0.15) is 0 Å². The molecular formula is C40H25NS. The van der Waals surface area contributed by atoms with Crippen molar-refractivity contribution in [3.63, 3.8) is 0 Å². The van der Waals surface area contributed by atoms with E-state index in [1.165, 1.54) is 74.6 Å². The lowest BCUT2D eigenvalue weighted by Gasteiger charge is -2.27. The minimum Gasteiger partial charge on any atom is -0.308 e. The Morgan fingerprint density at radius 1 is 0.357 bits per heavy atom. The molecule has 0 aliphatic carbocycles. The summed E-state index contributed by atoms with van der Waals surface area (Å²) in [5.74, 6) is 0. The predicted molar refractivity (Wildman–Crippen MR) is 184 cm³/mol. The van der Waals surface area contributed by atoms with Gasteiger partial charge in [0.2, 0.25) is 0 Å². The van der Waals surface area contributed by atoms with Crippen molar-refractivity contribution in [3.8, 4) is 0 Å². The lowest BCUT2D eigenvalue weighted by Crippen LogP contribution is -2.10. The SMILES string of the molecule is c1ccc(N(c2cccc3c2ccc2ccc4ccccc4c23)c2cccc3c2sc2ccc4ccccc4c23)cc1. The Balaban J connectivity index is 1.38. The average Bonchev–Trinajstić information content (AvgIpc) is 3.45. The molecule has 1 nitrogen and oxygen atoms in total. The van der Waals surface area contributed by atoms with Gasteiger partial charge in [-0.1, -0.05) is 121 Å². The molecule has 0 radical (unpaired) electrons. The topological polar surface area (TPSA) is 3.24 Å². The van der Waals surface area contributed by atoms with Gasteiger partial charge in [0.05, 0.1) is 16.1 Å². The zero-order valence-electron chi connectivity index (χ0n) is 22.8. The van der Waals surface area contributed by atoms with Crippen LogP contribution in [-0.4, -0.2) is 0 Å². The predicted octanol–water partition coefficient (Wildman–Crippen LogP) is 12.1. The molecule has 0 saturated heterocycles. The largest absolute Gasteiger partial charge is 0.308 e. The van der Waals surface area contributed by atoms with Crippen LogP contribution in [0.3, 0.4) is 0 Å². The summed E-state index contributed by atoms with van der Waals surface area (Å²) in [5.41, 5.74) is 3.54. The van der Waals surface area contributed by atoms with Crippen molar-refractivity contribution in [1.29, 1.82) is 0 Å². The van der Waals surface area contributed by atoms with Gasteiger partial charge in [0.15, 0.2) is 0 Å². The smallest absolute Gasteiger partial charge is 0.0640 e. The molecule has 9 rings (SSSR count). The molecule has 1 aromatic heterocycles. The first-order valence-corrected chi connectivity index (χ1v) is 15.2. The Labute approximate surface area is 247 Å². The number of nitrogens with zero attached hydrogens (tertiary/aromatic N) is 1. The van der Waals surface area contributed by atoms with E-state index in [9.17, 15) is 0 Å². The molecule has 0 atom stereocenters. The number of hydrogen-bond acceptors (Lipinski definition) is 2. The molecular weight excluding hydrogens is 527 g/mol. The molecule has 1 heterocycles. The molecule has 8 aromatic carbocycles. The van der Waals surface area contributed by atoms with E-state index in [2.05, 4.69) is 157 Å². The van der Waals surface area contributed by atoms with E-state index >= 15 is 0 Å². The zero-order chi connectivity index (χ0) is 27.6. The van der Waals surface area contributed by atoms with E-state index in [0.717, 1.165) is 5.69 Å². The van der Waals surface area contributed by atoms with Crippen molar-refractivity contribution in [2.75, 3.05) is 4.90 Å². The summed E-state index contributed by atoms with van der Waals surface area (Å²) in [7, 11) is 0. The molecule has 42 heavy (non-hydrogen) atoms. The van der Waals surface area contributed by atoms with Crippen molar-refractivity contribution in [2.45, 2.75) is 0 Å². The van der Waals surface area contributed by atoms with Gasteiger partial charge in [0.25, 0.3) is 0 Å². The highest BCUT2D eigenvalue weighted by atomic mass is 32.1. The molecule has 0 bridgehead atoms. The number of benzene rings is 8. The van der Waals surface area contributed by atoms with Crippen molar-refractivity contribution in [3.05, 3.63) is 152 Å². The Morgan fingerprint density at radius 2 is 0.952 bits per heavy atom. The minimum atomic E-state index is 1.15. The van der Waals surface area contributed by atoms with Gasteiger partial charge in [-0.25, -0.2) is 0 Å². The number of thiophene rings is 1. The van der Waals surface area contributed by atoms with Crippen LogP contribution < -0.4 is 4.90 Å². The molecule has 2 heteroatoms. The van der Waals surface area contributed by atoms with Gasteiger partial charge in [0, 0.05) is 26.5 Å². The van der Waals surface area contributed by atoms with Gasteiger partial charge in [-0.05, 0) is 68.0 Å². The first kappa shape index (κ1) is 23.5. The molecule has 0 saturated carbocycles. The van der Waals surface area contributed by atoms with E-state index in [1.54, 1.807) is 0 Å². The molecule has 0 N–H and O–H groups in total.